The van der Waals surface area contributed by atoms with Crippen LogP contribution in [0.3, 0.4) is 0 Å². The molecule has 1 rings (SSSR count). The van der Waals surface area contributed by atoms with Gasteiger partial charge in [-0.1, -0.05) is 20.8 Å². The quantitative estimate of drug-likeness (QED) is 0.584. The second-order valence-electron chi connectivity index (χ2n) is 4.99. The van der Waals surface area contributed by atoms with E-state index >= 15 is 0 Å². The van der Waals surface area contributed by atoms with Gasteiger partial charge < -0.3 is 4.74 Å². The number of nitro benzene ring substituents is 1. The average Bonchev–Trinajstić information content (AvgIpc) is 2.14. The van der Waals surface area contributed by atoms with Gasteiger partial charge in [0.15, 0.2) is 0 Å². The van der Waals surface area contributed by atoms with Gasteiger partial charge in [-0.15, -0.1) is 0 Å². The summed E-state index contributed by atoms with van der Waals surface area (Å²) >= 11 is 0. The van der Waals surface area contributed by atoms with Crippen molar-refractivity contribution in [2.75, 3.05) is 7.11 Å². The van der Waals surface area contributed by atoms with Crippen molar-refractivity contribution in [3.05, 3.63) is 33.9 Å². The minimum Gasteiger partial charge on any atom is -0.497 e. The number of hydrogen-bond donors (Lipinski definition) is 0. The Balaban J connectivity index is 3.15. The average molecular weight is 223 g/mol. The molecule has 4 nitrogen and oxygen atoms in total. The molecule has 0 saturated heterocycles. The minimum absolute atomic E-state index is 0.0110. The smallest absolute Gasteiger partial charge is 0.272 e. The molecular weight excluding hydrogens is 206 g/mol. The van der Waals surface area contributed by atoms with Crippen molar-refractivity contribution in [2.24, 2.45) is 5.41 Å². The summed E-state index contributed by atoms with van der Waals surface area (Å²) in [5.41, 5.74) is 0.893. The Morgan fingerprint density at radius 3 is 2.44 bits per heavy atom. The molecule has 0 atom stereocenters. The first-order valence-electron chi connectivity index (χ1n) is 5.15. The van der Waals surface area contributed by atoms with Crippen LogP contribution in [-0.2, 0) is 6.42 Å². The van der Waals surface area contributed by atoms with Gasteiger partial charge in [-0.05, 0) is 24.0 Å². The molecule has 88 valence electrons. The highest BCUT2D eigenvalue weighted by molar-refractivity contribution is 5.45. The van der Waals surface area contributed by atoms with Gasteiger partial charge in [0.1, 0.15) is 5.75 Å². The van der Waals surface area contributed by atoms with Crippen LogP contribution in [-0.4, -0.2) is 12.0 Å². The van der Waals surface area contributed by atoms with E-state index in [1.165, 1.54) is 6.07 Å². The van der Waals surface area contributed by atoms with Gasteiger partial charge in [0.05, 0.1) is 12.0 Å². The number of ether oxygens (including phenoxy) is 1. The lowest BCUT2D eigenvalue weighted by Gasteiger charge is -2.18. The van der Waals surface area contributed by atoms with Gasteiger partial charge in [-0.3, -0.25) is 10.1 Å². The molecule has 0 aromatic heterocycles. The normalized spacial score (nSPS) is 11.2. The molecule has 1 aromatic carbocycles. The fraction of sp³-hybridized carbons (Fsp3) is 0.500. The summed E-state index contributed by atoms with van der Waals surface area (Å²) in [6.07, 6.45) is 0.653. The van der Waals surface area contributed by atoms with Crippen LogP contribution in [0.15, 0.2) is 18.2 Å². The van der Waals surface area contributed by atoms with Gasteiger partial charge in [0, 0.05) is 11.6 Å². The van der Waals surface area contributed by atoms with Crippen molar-refractivity contribution >= 4 is 5.69 Å². The lowest BCUT2D eigenvalue weighted by Crippen LogP contribution is -2.11. The molecule has 16 heavy (non-hydrogen) atoms. The minimum atomic E-state index is -0.347. The Morgan fingerprint density at radius 1 is 1.38 bits per heavy atom. The number of rotatable bonds is 3. The van der Waals surface area contributed by atoms with Crippen LogP contribution in [0.2, 0.25) is 0 Å². The summed E-state index contributed by atoms with van der Waals surface area (Å²) in [5.74, 6) is 0.657. The third-order valence-corrected chi connectivity index (χ3v) is 2.20. The lowest BCUT2D eigenvalue weighted by molar-refractivity contribution is -0.385. The monoisotopic (exact) mass is 223 g/mol. The Morgan fingerprint density at radius 2 is 2.00 bits per heavy atom. The van der Waals surface area contributed by atoms with Crippen LogP contribution >= 0.6 is 0 Å². The van der Waals surface area contributed by atoms with E-state index in [2.05, 4.69) is 20.8 Å². The van der Waals surface area contributed by atoms with Crippen LogP contribution < -0.4 is 4.74 Å². The van der Waals surface area contributed by atoms with E-state index in [9.17, 15) is 10.1 Å². The third-order valence-electron chi connectivity index (χ3n) is 2.20. The molecule has 0 amide bonds. The number of nitrogens with zero attached hydrogens (tertiary/aromatic N) is 1. The first-order valence-corrected chi connectivity index (χ1v) is 5.15. The molecule has 0 aliphatic carbocycles. The summed E-state index contributed by atoms with van der Waals surface area (Å²) in [4.78, 5) is 10.5. The summed E-state index contributed by atoms with van der Waals surface area (Å²) in [6.45, 7) is 6.16. The van der Waals surface area contributed by atoms with Crippen molar-refractivity contribution in [3.8, 4) is 5.75 Å². The van der Waals surface area contributed by atoms with E-state index in [4.69, 9.17) is 4.74 Å². The summed E-state index contributed by atoms with van der Waals surface area (Å²) in [6, 6.07) is 4.85. The molecule has 0 aliphatic rings. The Kier molecular flexibility index (Phi) is 3.52. The van der Waals surface area contributed by atoms with Crippen LogP contribution in [0.1, 0.15) is 26.3 Å². The number of hydrogen-bond acceptors (Lipinski definition) is 3. The highest BCUT2D eigenvalue weighted by Crippen LogP contribution is 2.30. The molecule has 0 bridgehead atoms. The van der Waals surface area contributed by atoms with Gasteiger partial charge in [-0.25, -0.2) is 0 Å². The van der Waals surface area contributed by atoms with Crippen LogP contribution in [0.5, 0.6) is 5.75 Å². The van der Waals surface area contributed by atoms with Crippen molar-refractivity contribution in [2.45, 2.75) is 27.2 Å². The van der Waals surface area contributed by atoms with E-state index in [0.29, 0.717) is 12.2 Å². The second kappa shape index (κ2) is 4.51. The van der Waals surface area contributed by atoms with Crippen LogP contribution in [0, 0.1) is 15.5 Å². The van der Waals surface area contributed by atoms with E-state index in [1.807, 2.05) is 0 Å². The fourth-order valence-electron chi connectivity index (χ4n) is 1.58. The Hall–Kier alpha value is -1.58. The molecule has 0 N–H and O–H groups in total. The Labute approximate surface area is 95.4 Å². The third kappa shape index (κ3) is 3.22. The molecule has 0 unspecified atom stereocenters. The zero-order chi connectivity index (χ0) is 12.3. The number of benzene rings is 1. The maximum atomic E-state index is 10.9. The van der Waals surface area contributed by atoms with Gasteiger partial charge in [-0.2, -0.15) is 0 Å². The zero-order valence-corrected chi connectivity index (χ0v) is 10.1. The molecule has 0 aliphatic heterocycles. The summed E-state index contributed by atoms with van der Waals surface area (Å²) < 4.78 is 5.08. The van der Waals surface area contributed by atoms with E-state index in [1.54, 1.807) is 19.2 Å². The van der Waals surface area contributed by atoms with E-state index in [-0.39, 0.29) is 16.0 Å². The van der Waals surface area contributed by atoms with Gasteiger partial charge >= 0.3 is 0 Å². The second-order valence-corrected chi connectivity index (χ2v) is 4.99. The molecule has 0 radical (unpaired) electrons. The largest absolute Gasteiger partial charge is 0.497 e. The van der Waals surface area contributed by atoms with Crippen molar-refractivity contribution in [1.29, 1.82) is 0 Å². The summed E-state index contributed by atoms with van der Waals surface area (Å²) in [7, 11) is 1.56. The summed E-state index contributed by atoms with van der Waals surface area (Å²) in [5, 5.41) is 10.9. The number of nitro groups is 1. The molecule has 1 aromatic rings. The first-order chi connectivity index (χ1) is 7.33. The first kappa shape index (κ1) is 12.5. The molecular formula is C12H17NO3. The number of methoxy groups -OCH3 is 1. The van der Waals surface area contributed by atoms with Crippen molar-refractivity contribution < 1.29 is 9.66 Å². The zero-order valence-electron chi connectivity index (χ0n) is 10.1. The van der Waals surface area contributed by atoms with Gasteiger partial charge in [0.2, 0.25) is 0 Å². The van der Waals surface area contributed by atoms with Gasteiger partial charge in [0.25, 0.3) is 5.69 Å². The van der Waals surface area contributed by atoms with E-state index in [0.717, 1.165) is 5.56 Å². The molecule has 4 heteroatoms. The SMILES string of the molecule is COc1ccc([N+](=O)[O-])c(CC(C)(C)C)c1. The van der Waals surface area contributed by atoms with E-state index < -0.39 is 0 Å². The molecule has 0 fully saturated rings. The maximum absolute atomic E-state index is 10.9. The topological polar surface area (TPSA) is 52.4 Å². The predicted octanol–water partition coefficient (Wildman–Crippen LogP) is 3.19. The van der Waals surface area contributed by atoms with Crippen LogP contribution in [0.4, 0.5) is 5.69 Å². The predicted molar refractivity (Wildman–Crippen MR) is 62.8 cm³/mol. The Bertz CT molecular complexity index is 394. The highest BCUT2D eigenvalue weighted by Gasteiger charge is 2.20. The lowest BCUT2D eigenvalue weighted by atomic mass is 9.87. The van der Waals surface area contributed by atoms with Crippen LogP contribution in [0.25, 0.3) is 0 Å². The fourth-order valence-corrected chi connectivity index (χ4v) is 1.58. The molecule has 0 heterocycles. The molecule has 0 spiro atoms. The maximum Gasteiger partial charge on any atom is 0.272 e. The van der Waals surface area contributed by atoms with Crippen molar-refractivity contribution in [1.82, 2.24) is 0 Å². The highest BCUT2D eigenvalue weighted by atomic mass is 16.6. The molecule has 0 saturated carbocycles. The van der Waals surface area contributed by atoms with Crippen molar-refractivity contribution in [3.63, 3.8) is 0 Å². The standard InChI is InChI=1S/C12H17NO3/c1-12(2,3)8-9-7-10(16-4)5-6-11(9)13(14)15/h5-7H,8H2,1-4H3.